The number of benzene rings is 2. The van der Waals surface area contributed by atoms with Gasteiger partial charge in [-0.05, 0) is 49.2 Å². The van der Waals surface area contributed by atoms with E-state index >= 15 is 0 Å². The Balaban J connectivity index is 1.45. The van der Waals surface area contributed by atoms with Gasteiger partial charge in [-0.3, -0.25) is 19.3 Å². The molecule has 0 saturated carbocycles. The van der Waals surface area contributed by atoms with Crippen LogP contribution in [-0.2, 0) is 0 Å². The first-order valence-electron chi connectivity index (χ1n) is 7.84. The van der Waals surface area contributed by atoms with Crippen LogP contribution in [0.4, 0.5) is 0 Å². The van der Waals surface area contributed by atoms with E-state index in [0.717, 1.165) is 12.7 Å². The average Bonchev–Trinajstić information content (AvgIpc) is 2.87. The van der Waals surface area contributed by atoms with E-state index in [1.54, 1.807) is 48.5 Å². The molecule has 2 amide bonds. The van der Waals surface area contributed by atoms with Gasteiger partial charge in [0.15, 0.2) is 0 Å². The monoisotopic (exact) mass is 323 g/mol. The molecule has 3 rings (SSSR count). The Kier molecular flexibility index (Phi) is 4.70. The molecular weight excluding hydrogens is 306 g/mol. The minimum absolute atomic E-state index is 0.221. The minimum atomic E-state index is -0.221. The fourth-order valence-electron chi connectivity index (χ4n) is 2.65. The highest BCUT2D eigenvalue weighted by Gasteiger charge is 2.34. The number of hydrogen-bond acceptors (Lipinski definition) is 4. The second-order valence-corrected chi connectivity index (χ2v) is 5.55. The van der Waals surface area contributed by atoms with E-state index in [1.807, 2.05) is 0 Å². The van der Waals surface area contributed by atoms with Gasteiger partial charge in [0.05, 0.1) is 17.7 Å². The Morgan fingerprint density at radius 2 is 1.50 bits per heavy atom. The molecule has 122 valence electrons. The molecule has 0 aliphatic carbocycles. The zero-order chi connectivity index (χ0) is 16.9. The van der Waals surface area contributed by atoms with Gasteiger partial charge in [0.25, 0.3) is 11.8 Å². The maximum atomic E-state index is 12.2. The maximum Gasteiger partial charge on any atom is 0.261 e. The molecule has 0 radical (unpaired) electrons. The number of nitrogens with zero attached hydrogens (tertiary/aromatic N) is 1. The molecule has 1 aliphatic heterocycles. The second kappa shape index (κ2) is 7.08. The third kappa shape index (κ3) is 3.20. The summed E-state index contributed by atoms with van der Waals surface area (Å²) >= 11 is 0. The molecule has 0 aromatic heterocycles. The van der Waals surface area contributed by atoms with E-state index in [9.17, 15) is 14.4 Å². The number of amides is 2. The van der Waals surface area contributed by atoms with E-state index < -0.39 is 0 Å². The van der Waals surface area contributed by atoms with Crippen LogP contribution in [0.3, 0.4) is 0 Å². The van der Waals surface area contributed by atoms with Crippen LogP contribution >= 0.6 is 0 Å². The summed E-state index contributed by atoms with van der Waals surface area (Å²) in [6, 6.07) is 13.8. The highest BCUT2D eigenvalue weighted by atomic mass is 16.5. The molecule has 1 heterocycles. The Bertz CT molecular complexity index is 732. The number of carbonyl (C=O) groups excluding carboxylic acids is 3. The van der Waals surface area contributed by atoms with Crippen LogP contribution in [-0.4, -0.2) is 36.2 Å². The first kappa shape index (κ1) is 15.9. The van der Waals surface area contributed by atoms with Crippen LogP contribution in [0.25, 0.3) is 0 Å². The lowest BCUT2D eigenvalue weighted by Gasteiger charge is -2.13. The summed E-state index contributed by atoms with van der Waals surface area (Å²) in [5.74, 6) is 0.253. The molecule has 1 aliphatic rings. The van der Waals surface area contributed by atoms with Crippen molar-refractivity contribution in [3.63, 3.8) is 0 Å². The van der Waals surface area contributed by atoms with Crippen molar-refractivity contribution >= 4 is 18.1 Å². The maximum absolute atomic E-state index is 12.2. The number of unbranched alkanes of at least 4 members (excludes halogenated alkanes) is 1. The molecule has 0 saturated heterocycles. The fraction of sp³-hybridized carbons (Fsp3) is 0.211. The van der Waals surface area contributed by atoms with Crippen molar-refractivity contribution in [1.82, 2.24) is 4.90 Å². The van der Waals surface area contributed by atoms with Gasteiger partial charge in [-0.25, -0.2) is 0 Å². The van der Waals surface area contributed by atoms with E-state index in [-0.39, 0.29) is 11.8 Å². The number of carbonyl (C=O) groups is 3. The van der Waals surface area contributed by atoms with Gasteiger partial charge >= 0.3 is 0 Å². The van der Waals surface area contributed by atoms with Crippen molar-refractivity contribution in [3.8, 4) is 5.75 Å². The van der Waals surface area contributed by atoms with E-state index in [2.05, 4.69) is 0 Å². The van der Waals surface area contributed by atoms with Crippen molar-refractivity contribution in [2.75, 3.05) is 13.2 Å². The van der Waals surface area contributed by atoms with Crippen LogP contribution in [0.15, 0.2) is 48.5 Å². The summed E-state index contributed by atoms with van der Waals surface area (Å²) in [5, 5.41) is 0. The lowest BCUT2D eigenvalue weighted by atomic mass is 10.1. The molecule has 0 unspecified atom stereocenters. The Labute approximate surface area is 139 Å². The molecule has 0 bridgehead atoms. The number of fused-ring (bicyclic) bond motifs is 1. The first-order chi connectivity index (χ1) is 11.7. The molecule has 0 fully saturated rings. The SMILES string of the molecule is O=Cc1ccc(OCCCCN2C(=O)c3ccccc3C2=O)cc1. The zero-order valence-electron chi connectivity index (χ0n) is 13.1. The van der Waals surface area contributed by atoms with E-state index in [4.69, 9.17) is 4.74 Å². The van der Waals surface area contributed by atoms with Gasteiger partial charge < -0.3 is 4.74 Å². The van der Waals surface area contributed by atoms with Gasteiger partial charge in [-0.2, -0.15) is 0 Å². The smallest absolute Gasteiger partial charge is 0.261 e. The third-order valence-electron chi connectivity index (χ3n) is 3.94. The fourth-order valence-corrected chi connectivity index (χ4v) is 2.65. The molecule has 24 heavy (non-hydrogen) atoms. The molecule has 0 atom stereocenters. The van der Waals surface area contributed by atoms with Gasteiger partial charge in [-0.15, -0.1) is 0 Å². The Morgan fingerprint density at radius 3 is 2.08 bits per heavy atom. The molecule has 0 spiro atoms. The van der Waals surface area contributed by atoms with Gasteiger partial charge in [0.2, 0.25) is 0 Å². The summed E-state index contributed by atoms with van der Waals surface area (Å²) in [5.41, 5.74) is 1.57. The quantitative estimate of drug-likeness (QED) is 0.446. The number of hydrogen-bond donors (Lipinski definition) is 0. The lowest BCUT2D eigenvalue weighted by molar-refractivity contribution is 0.0649. The summed E-state index contributed by atoms with van der Waals surface area (Å²) in [6.07, 6.45) is 2.19. The number of rotatable bonds is 7. The normalized spacial score (nSPS) is 13.1. The average molecular weight is 323 g/mol. The Morgan fingerprint density at radius 1 is 0.875 bits per heavy atom. The van der Waals surface area contributed by atoms with Crippen molar-refractivity contribution < 1.29 is 19.1 Å². The zero-order valence-corrected chi connectivity index (χ0v) is 13.1. The minimum Gasteiger partial charge on any atom is -0.494 e. The number of imide groups is 1. The largest absolute Gasteiger partial charge is 0.494 e. The van der Waals surface area contributed by atoms with Crippen LogP contribution in [0.2, 0.25) is 0 Å². The molecule has 0 N–H and O–H groups in total. The highest BCUT2D eigenvalue weighted by molar-refractivity contribution is 6.21. The standard InChI is InChI=1S/C19H17NO4/c21-13-14-7-9-15(10-8-14)24-12-4-3-11-20-18(22)16-5-1-2-6-17(16)19(20)23/h1-2,5-10,13H,3-4,11-12H2. The van der Waals surface area contributed by atoms with Crippen molar-refractivity contribution in [1.29, 1.82) is 0 Å². The lowest BCUT2D eigenvalue weighted by Crippen LogP contribution is -2.30. The summed E-state index contributed by atoms with van der Waals surface area (Å²) in [4.78, 5) is 36.3. The number of aldehydes is 1. The summed E-state index contributed by atoms with van der Waals surface area (Å²) in [6.45, 7) is 0.878. The predicted molar refractivity (Wildman–Crippen MR) is 88.4 cm³/mol. The van der Waals surface area contributed by atoms with Gasteiger partial charge in [0.1, 0.15) is 12.0 Å². The van der Waals surface area contributed by atoms with E-state index in [0.29, 0.717) is 42.0 Å². The van der Waals surface area contributed by atoms with Gasteiger partial charge in [0, 0.05) is 12.1 Å². The van der Waals surface area contributed by atoms with Crippen LogP contribution in [0.1, 0.15) is 43.9 Å². The molecule has 5 heteroatoms. The van der Waals surface area contributed by atoms with Gasteiger partial charge in [-0.1, -0.05) is 12.1 Å². The molecule has 5 nitrogen and oxygen atoms in total. The molecule has 2 aromatic carbocycles. The van der Waals surface area contributed by atoms with E-state index in [1.165, 1.54) is 4.90 Å². The topological polar surface area (TPSA) is 63.7 Å². The number of ether oxygens (including phenoxy) is 1. The molecular formula is C19H17NO4. The van der Waals surface area contributed by atoms with Crippen LogP contribution < -0.4 is 4.74 Å². The predicted octanol–water partition coefficient (Wildman–Crippen LogP) is 2.95. The first-order valence-corrected chi connectivity index (χ1v) is 7.84. The second-order valence-electron chi connectivity index (χ2n) is 5.55. The van der Waals surface area contributed by atoms with Crippen LogP contribution in [0.5, 0.6) is 5.75 Å². The summed E-state index contributed by atoms with van der Waals surface area (Å²) < 4.78 is 5.58. The van der Waals surface area contributed by atoms with Crippen molar-refractivity contribution in [2.24, 2.45) is 0 Å². The summed E-state index contributed by atoms with van der Waals surface area (Å²) in [7, 11) is 0. The third-order valence-corrected chi connectivity index (χ3v) is 3.94. The Hall–Kier alpha value is -2.95. The van der Waals surface area contributed by atoms with Crippen molar-refractivity contribution in [3.05, 3.63) is 65.2 Å². The van der Waals surface area contributed by atoms with Crippen LogP contribution in [0, 0.1) is 0 Å². The van der Waals surface area contributed by atoms with Crippen molar-refractivity contribution in [2.45, 2.75) is 12.8 Å². The highest BCUT2D eigenvalue weighted by Crippen LogP contribution is 2.22. The molecule has 2 aromatic rings.